The third-order valence-corrected chi connectivity index (χ3v) is 5.38. The number of anilines is 2. The number of carboxylic acid groups (broad SMARTS) is 1. The third kappa shape index (κ3) is 4.73. The molecule has 2 N–H and O–H groups in total. The van der Waals surface area contributed by atoms with Crippen LogP contribution in [-0.2, 0) is 4.79 Å². The van der Waals surface area contributed by atoms with Crippen molar-refractivity contribution in [3.63, 3.8) is 0 Å². The van der Waals surface area contributed by atoms with E-state index in [1.54, 1.807) is 81.0 Å². The van der Waals surface area contributed by atoms with E-state index in [9.17, 15) is 9.90 Å². The minimum atomic E-state index is -1.04. The standard InChI is InChI=1S/C25H20ClN3O4/c1-32-22-12-19-21(13-23(22)33-2)27-14-28-24(19)29-17-9-7-15(8-10-17)18(25(30)31)11-16-5-3-4-6-20(16)26/h3-14H,1-2H3,(H,30,31)(H,27,28,29)/b18-11+. The van der Waals surface area contributed by atoms with Crippen LogP contribution >= 0.6 is 11.6 Å². The van der Waals surface area contributed by atoms with Gasteiger partial charge >= 0.3 is 5.97 Å². The monoisotopic (exact) mass is 461 g/mol. The molecule has 0 saturated heterocycles. The lowest BCUT2D eigenvalue weighted by Crippen LogP contribution is -2.01. The maximum Gasteiger partial charge on any atom is 0.336 e. The molecule has 1 heterocycles. The summed E-state index contributed by atoms with van der Waals surface area (Å²) >= 11 is 6.19. The Bertz CT molecular complexity index is 1350. The van der Waals surface area contributed by atoms with Crippen LogP contribution in [0.4, 0.5) is 11.5 Å². The highest BCUT2D eigenvalue weighted by Crippen LogP contribution is 2.34. The number of nitrogens with one attached hydrogen (secondary N) is 1. The van der Waals surface area contributed by atoms with Gasteiger partial charge in [-0.1, -0.05) is 41.9 Å². The van der Waals surface area contributed by atoms with E-state index in [1.807, 2.05) is 0 Å². The molecule has 0 unspecified atom stereocenters. The van der Waals surface area contributed by atoms with Gasteiger partial charge in [-0.25, -0.2) is 14.8 Å². The molecule has 0 fully saturated rings. The van der Waals surface area contributed by atoms with Gasteiger partial charge < -0.3 is 19.9 Å². The minimum Gasteiger partial charge on any atom is -0.493 e. The first kappa shape index (κ1) is 22.1. The summed E-state index contributed by atoms with van der Waals surface area (Å²) in [6.07, 6.45) is 3.02. The van der Waals surface area contributed by atoms with Crippen LogP contribution in [0, 0.1) is 0 Å². The van der Waals surface area contributed by atoms with Crippen LogP contribution in [0.5, 0.6) is 11.5 Å². The van der Waals surface area contributed by atoms with Crippen molar-refractivity contribution in [2.45, 2.75) is 0 Å². The van der Waals surface area contributed by atoms with E-state index in [0.717, 1.165) is 11.1 Å². The molecule has 4 rings (SSSR count). The van der Waals surface area contributed by atoms with Gasteiger partial charge in [0.25, 0.3) is 0 Å². The first-order valence-corrected chi connectivity index (χ1v) is 10.3. The van der Waals surface area contributed by atoms with E-state index in [4.69, 9.17) is 21.1 Å². The lowest BCUT2D eigenvalue weighted by atomic mass is 10.0. The van der Waals surface area contributed by atoms with Gasteiger partial charge in [0.15, 0.2) is 11.5 Å². The number of hydrogen-bond donors (Lipinski definition) is 2. The van der Waals surface area contributed by atoms with Crippen LogP contribution < -0.4 is 14.8 Å². The van der Waals surface area contributed by atoms with E-state index in [2.05, 4.69) is 15.3 Å². The molecule has 166 valence electrons. The zero-order chi connectivity index (χ0) is 23.4. The Labute approximate surface area is 195 Å². The first-order valence-electron chi connectivity index (χ1n) is 9.94. The summed E-state index contributed by atoms with van der Waals surface area (Å²) in [5.41, 5.74) is 2.75. The van der Waals surface area contributed by atoms with Gasteiger partial charge in [-0.05, 0) is 41.5 Å². The van der Waals surface area contributed by atoms with E-state index >= 15 is 0 Å². The lowest BCUT2D eigenvalue weighted by molar-refractivity contribution is -0.130. The van der Waals surface area contributed by atoms with Crippen LogP contribution in [0.2, 0.25) is 5.02 Å². The summed E-state index contributed by atoms with van der Waals surface area (Å²) in [5.74, 6) is 0.678. The zero-order valence-corrected chi connectivity index (χ0v) is 18.6. The number of ether oxygens (including phenoxy) is 2. The number of halogens is 1. The number of aromatic nitrogens is 2. The van der Waals surface area contributed by atoms with Gasteiger partial charge in [-0.2, -0.15) is 0 Å². The smallest absolute Gasteiger partial charge is 0.336 e. The quantitative estimate of drug-likeness (QED) is 0.270. The number of hydrogen-bond acceptors (Lipinski definition) is 6. The fraction of sp³-hybridized carbons (Fsp3) is 0.0800. The maximum absolute atomic E-state index is 11.9. The van der Waals surface area contributed by atoms with E-state index in [0.29, 0.717) is 39.0 Å². The van der Waals surface area contributed by atoms with Crippen molar-refractivity contribution in [1.82, 2.24) is 9.97 Å². The predicted molar refractivity (Wildman–Crippen MR) is 129 cm³/mol. The van der Waals surface area contributed by atoms with Crippen molar-refractivity contribution in [2.75, 3.05) is 19.5 Å². The van der Waals surface area contributed by atoms with Gasteiger partial charge in [0.2, 0.25) is 0 Å². The van der Waals surface area contributed by atoms with Crippen LogP contribution in [0.3, 0.4) is 0 Å². The topological polar surface area (TPSA) is 93.6 Å². The molecule has 0 aliphatic carbocycles. The molecular weight excluding hydrogens is 442 g/mol. The Balaban J connectivity index is 1.66. The SMILES string of the molecule is COc1cc2ncnc(Nc3ccc(/C(=C\c4ccccc4Cl)C(=O)O)cc3)c2cc1OC. The normalized spacial score (nSPS) is 11.3. The Hall–Kier alpha value is -4.10. The van der Waals surface area contributed by atoms with Crippen molar-refractivity contribution in [1.29, 1.82) is 0 Å². The summed E-state index contributed by atoms with van der Waals surface area (Å²) in [5, 5.41) is 14.2. The van der Waals surface area contributed by atoms with Gasteiger partial charge in [-0.3, -0.25) is 0 Å². The largest absolute Gasteiger partial charge is 0.493 e. The maximum atomic E-state index is 11.9. The van der Waals surface area contributed by atoms with Crippen molar-refractivity contribution in [3.05, 3.63) is 83.1 Å². The second-order valence-corrected chi connectivity index (χ2v) is 7.44. The fourth-order valence-corrected chi connectivity index (χ4v) is 3.56. The molecule has 1 aromatic heterocycles. The zero-order valence-electron chi connectivity index (χ0n) is 17.9. The van der Waals surface area contributed by atoms with Crippen LogP contribution in [0.15, 0.2) is 67.0 Å². The third-order valence-electron chi connectivity index (χ3n) is 5.03. The second kappa shape index (κ2) is 9.58. The molecule has 0 saturated carbocycles. The van der Waals surface area contributed by atoms with E-state index in [-0.39, 0.29) is 5.57 Å². The fourth-order valence-electron chi connectivity index (χ4n) is 3.37. The van der Waals surface area contributed by atoms with Gasteiger partial charge in [-0.15, -0.1) is 0 Å². The van der Waals surface area contributed by atoms with Gasteiger partial charge in [0.1, 0.15) is 12.1 Å². The highest BCUT2D eigenvalue weighted by atomic mass is 35.5. The molecule has 0 aliphatic rings. The second-order valence-electron chi connectivity index (χ2n) is 7.03. The summed E-state index contributed by atoms with van der Waals surface area (Å²) < 4.78 is 10.7. The Morgan fingerprint density at radius 2 is 1.70 bits per heavy atom. The first-order chi connectivity index (χ1) is 16.0. The summed E-state index contributed by atoms with van der Waals surface area (Å²) in [7, 11) is 3.13. The molecule has 0 atom stereocenters. The van der Waals surface area contributed by atoms with Gasteiger partial charge in [0, 0.05) is 22.2 Å². The molecule has 0 radical (unpaired) electrons. The molecule has 33 heavy (non-hydrogen) atoms. The van der Waals surface area contributed by atoms with Gasteiger partial charge in [0.05, 0.1) is 25.3 Å². The van der Waals surface area contributed by atoms with Crippen molar-refractivity contribution in [2.24, 2.45) is 0 Å². The Morgan fingerprint density at radius 3 is 2.36 bits per heavy atom. The molecule has 7 nitrogen and oxygen atoms in total. The lowest BCUT2D eigenvalue weighted by Gasteiger charge is -2.12. The number of carbonyl (C=O) groups is 1. The molecule has 0 spiro atoms. The molecule has 0 bridgehead atoms. The van der Waals surface area contributed by atoms with Crippen molar-refractivity contribution < 1.29 is 19.4 Å². The van der Waals surface area contributed by atoms with Crippen LogP contribution in [0.1, 0.15) is 11.1 Å². The number of rotatable bonds is 7. The van der Waals surface area contributed by atoms with Crippen molar-refractivity contribution >= 4 is 51.6 Å². The Morgan fingerprint density at radius 1 is 1.00 bits per heavy atom. The number of carboxylic acids is 1. The average Bonchev–Trinajstić information content (AvgIpc) is 2.83. The molecule has 0 amide bonds. The summed E-state index contributed by atoms with van der Waals surface area (Å²) in [4.78, 5) is 20.5. The predicted octanol–water partition coefficient (Wildman–Crippen LogP) is 5.67. The number of aliphatic carboxylic acids is 1. The number of fused-ring (bicyclic) bond motifs is 1. The molecule has 3 aromatic carbocycles. The molecule has 8 heteroatoms. The number of benzene rings is 3. The van der Waals surface area contributed by atoms with Crippen LogP contribution in [0.25, 0.3) is 22.6 Å². The van der Waals surface area contributed by atoms with Crippen LogP contribution in [-0.4, -0.2) is 35.3 Å². The number of methoxy groups -OCH3 is 2. The van der Waals surface area contributed by atoms with E-state index in [1.165, 1.54) is 6.33 Å². The highest BCUT2D eigenvalue weighted by Gasteiger charge is 2.13. The molecule has 4 aromatic rings. The summed E-state index contributed by atoms with van der Waals surface area (Å²) in [6, 6.07) is 17.7. The average molecular weight is 462 g/mol. The highest BCUT2D eigenvalue weighted by molar-refractivity contribution is 6.33. The van der Waals surface area contributed by atoms with Crippen molar-refractivity contribution in [3.8, 4) is 11.5 Å². The Kier molecular flexibility index (Phi) is 6.42. The van der Waals surface area contributed by atoms with E-state index < -0.39 is 5.97 Å². The molecular formula is C25H20ClN3O4. The number of nitrogens with zero attached hydrogens (tertiary/aromatic N) is 2. The minimum absolute atomic E-state index is 0.138. The molecule has 0 aliphatic heterocycles. The summed E-state index contributed by atoms with van der Waals surface area (Å²) in [6.45, 7) is 0.